The molecule has 3 nitrogen and oxygen atoms in total. The van der Waals surface area contributed by atoms with Gasteiger partial charge in [-0.05, 0) is 13.8 Å². The first kappa shape index (κ1) is 17.3. The summed E-state index contributed by atoms with van der Waals surface area (Å²) in [5.74, 6) is 0. The van der Waals surface area contributed by atoms with Gasteiger partial charge in [-0.2, -0.15) is 0 Å². The quantitative estimate of drug-likeness (QED) is 0.588. The summed E-state index contributed by atoms with van der Waals surface area (Å²) in [7, 11) is 2.19. The SMILES string of the molecule is CCN(CC)P(N(CC)CC)[N+](C)(CC)CC. The van der Waals surface area contributed by atoms with E-state index >= 15 is 0 Å². The lowest BCUT2D eigenvalue weighted by Crippen LogP contribution is -2.48. The zero-order valence-electron chi connectivity index (χ0n) is 13.0. The molecule has 0 unspecified atom stereocenters. The Morgan fingerprint density at radius 2 is 1.00 bits per heavy atom. The second kappa shape index (κ2) is 8.42. The van der Waals surface area contributed by atoms with Gasteiger partial charge in [0.05, 0.1) is 20.1 Å². The van der Waals surface area contributed by atoms with Gasteiger partial charge in [0.15, 0.2) is 0 Å². The average Bonchev–Trinajstić information content (AvgIpc) is 2.38. The van der Waals surface area contributed by atoms with Crippen LogP contribution in [0.3, 0.4) is 0 Å². The standard InChI is InChI=1S/C13H33N3P/c1-8-14(9-2)17(15(10-3)11-4)16(7,12-5)13-6/h8-13H2,1-7H3/q+1. The molecule has 0 bridgehead atoms. The molecule has 0 N–H and O–H groups in total. The van der Waals surface area contributed by atoms with Gasteiger partial charge in [0.2, 0.25) is 0 Å². The third kappa shape index (κ3) is 4.17. The fourth-order valence-corrected chi connectivity index (χ4v) is 5.32. The van der Waals surface area contributed by atoms with Crippen molar-refractivity contribution in [3.63, 3.8) is 0 Å². The largest absolute Gasteiger partial charge is 0.287 e. The van der Waals surface area contributed by atoms with E-state index in [-0.39, 0.29) is 8.37 Å². The summed E-state index contributed by atoms with van der Waals surface area (Å²) in [5.41, 5.74) is 0. The number of quaternary nitrogens is 1. The molecule has 0 aromatic heterocycles. The fourth-order valence-electron chi connectivity index (χ4n) is 2.22. The summed E-state index contributed by atoms with van der Waals surface area (Å²) < 4.78 is 6.50. The first-order valence-corrected chi connectivity index (χ1v) is 8.39. The second-order valence-electron chi connectivity index (χ2n) is 4.52. The Morgan fingerprint density at radius 1 is 0.706 bits per heavy atom. The Hall–Kier alpha value is 0.310. The Bertz CT molecular complexity index is 175. The van der Waals surface area contributed by atoms with Crippen molar-refractivity contribution in [2.45, 2.75) is 41.5 Å². The van der Waals surface area contributed by atoms with Gasteiger partial charge in [0.1, 0.15) is 0 Å². The molecule has 0 aliphatic heterocycles. The molecule has 104 valence electrons. The maximum atomic E-state index is 2.66. The van der Waals surface area contributed by atoms with Crippen LogP contribution in [0.25, 0.3) is 0 Å². The van der Waals surface area contributed by atoms with Crippen LogP contribution in [0.2, 0.25) is 0 Å². The molecule has 0 rings (SSSR count). The van der Waals surface area contributed by atoms with Crippen molar-refractivity contribution < 1.29 is 4.25 Å². The van der Waals surface area contributed by atoms with Crippen molar-refractivity contribution >= 4 is 8.37 Å². The highest BCUT2D eigenvalue weighted by Crippen LogP contribution is 2.52. The highest BCUT2D eigenvalue weighted by atomic mass is 31.2. The maximum absolute atomic E-state index is 2.66. The molecule has 0 atom stereocenters. The summed E-state index contributed by atoms with van der Waals surface area (Å²) >= 11 is 0. The van der Waals surface area contributed by atoms with Crippen molar-refractivity contribution in [3.8, 4) is 0 Å². The van der Waals surface area contributed by atoms with Crippen LogP contribution < -0.4 is 0 Å². The summed E-state index contributed by atoms with van der Waals surface area (Å²) in [4.78, 5) is 0. The van der Waals surface area contributed by atoms with Gasteiger partial charge < -0.3 is 0 Å². The molecule has 0 aliphatic carbocycles. The van der Waals surface area contributed by atoms with E-state index in [2.05, 4.69) is 57.9 Å². The Labute approximate surface area is 110 Å². The molecule has 4 heteroatoms. The molecule has 17 heavy (non-hydrogen) atoms. The van der Waals surface area contributed by atoms with E-state index in [0.29, 0.717) is 0 Å². The van der Waals surface area contributed by atoms with Crippen molar-refractivity contribution in [2.75, 3.05) is 46.3 Å². The van der Waals surface area contributed by atoms with Crippen LogP contribution in [0.15, 0.2) is 0 Å². The van der Waals surface area contributed by atoms with Crippen molar-refractivity contribution in [2.24, 2.45) is 0 Å². The normalized spacial score (nSPS) is 13.1. The first-order valence-electron chi connectivity index (χ1n) is 7.19. The average molecular weight is 262 g/mol. The molecule has 0 spiro atoms. The zero-order chi connectivity index (χ0) is 13.5. The van der Waals surface area contributed by atoms with E-state index in [1.165, 1.54) is 17.3 Å². The van der Waals surface area contributed by atoms with Gasteiger partial charge in [-0.25, -0.2) is 9.34 Å². The van der Waals surface area contributed by atoms with Gasteiger partial charge in [-0.3, -0.25) is 4.25 Å². The molecule has 0 aliphatic rings. The molecular weight excluding hydrogens is 229 g/mol. The molecule has 0 aromatic rings. The minimum Gasteiger partial charge on any atom is -0.287 e. The Morgan fingerprint density at radius 3 is 1.18 bits per heavy atom. The fraction of sp³-hybridized carbons (Fsp3) is 1.00. The van der Waals surface area contributed by atoms with E-state index < -0.39 is 0 Å². The lowest BCUT2D eigenvalue weighted by molar-refractivity contribution is -0.788. The second-order valence-corrected chi connectivity index (χ2v) is 7.15. The predicted octanol–water partition coefficient (Wildman–Crippen LogP) is 3.38. The summed E-state index contributed by atoms with van der Waals surface area (Å²) in [6.07, 6.45) is 0. The van der Waals surface area contributed by atoms with Crippen LogP contribution in [0.4, 0.5) is 0 Å². The smallest absolute Gasteiger partial charge is 0.270 e. The van der Waals surface area contributed by atoms with Crippen LogP contribution in [-0.2, 0) is 0 Å². The lowest BCUT2D eigenvalue weighted by atomic mass is 10.6. The number of rotatable bonds is 9. The Kier molecular flexibility index (Phi) is 8.57. The lowest BCUT2D eigenvalue weighted by Gasteiger charge is -2.47. The van der Waals surface area contributed by atoms with E-state index in [4.69, 9.17) is 0 Å². The third-order valence-electron chi connectivity index (χ3n) is 3.76. The van der Waals surface area contributed by atoms with Gasteiger partial charge in [0, 0.05) is 26.2 Å². The molecule has 0 amide bonds. The maximum Gasteiger partial charge on any atom is 0.270 e. The van der Waals surface area contributed by atoms with E-state index in [1.54, 1.807) is 0 Å². The summed E-state index contributed by atoms with van der Waals surface area (Å²) in [5, 5.41) is 0. The van der Waals surface area contributed by atoms with E-state index in [1.807, 2.05) is 0 Å². The molecule has 0 saturated carbocycles. The molecule has 0 fully saturated rings. The first-order chi connectivity index (χ1) is 8.04. The van der Waals surface area contributed by atoms with Crippen LogP contribution in [0, 0.1) is 0 Å². The molecule has 0 radical (unpaired) electrons. The number of hydrogen-bond acceptors (Lipinski definition) is 2. The number of nitrogens with zero attached hydrogens (tertiary/aromatic N) is 3. The van der Waals surface area contributed by atoms with Crippen LogP contribution in [0.1, 0.15) is 41.5 Å². The topological polar surface area (TPSA) is 6.48 Å². The third-order valence-corrected chi connectivity index (χ3v) is 7.33. The monoisotopic (exact) mass is 262 g/mol. The van der Waals surface area contributed by atoms with Crippen molar-refractivity contribution in [1.29, 1.82) is 0 Å². The minimum atomic E-state index is -0.229. The molecule has 0 aromatic carbocycles. The predicted molar refractivity (Wildman–Crippen MR) is 80.0 cm³/mol. The van der Waals surface area contributed by atoms with Crippen LogP contribution in [0.5, 0.6) is 0 Å². The van der Waals surface area contributed by atoms with Gasteiger partial charge >= 0.3 is 0 Å². The molecular formula is C13H33N3P+. The van der Waals surface area contributed by atoms with Gasteiger partial charge in [0.25, 0.3) is 8.37 Å². The van der Waals surface area contributed by atoms with Crippen molar-refractivity contribution in [1.82, 2.24) is 9.34 Å². The van der Waals surface area contributed by atoms with Gasteiger partial charge in [-0.15, -0.1) is 0 Å². The van der Waals surface area contributed by atoms with Crippen LogP contribution >= 0.6 is 8.37 Å². The summed E-state index contributed by atoms with van der Waals surface area (Å²) in [6, 6.07) is 0. The van der Waals surface area contributed by atoms with Crippen LogP contribution in [-0.4, -0.2) is 59.9 Å². The van der Waals surface area contributed by atoms with Crippen molar-refractivity contribution in [3.05, 3.63) is 0 Å². The van der Waals surface area contributed by atoms with E-state index in [0.717, 1.165) is 26.2 Å². The summed E-state index contributed by atoms with van der Waals surface area (Å²) in [6.45, 7) is 20.9. The highest BCUT2D eigenvalue weighted by Gasteiger charge is 2.39. The Balaban J connectivity index is 5.19. The molecule has 0 heterocycles. The zero-order valence-corrected chi connectivity index (χ0v) is 13.9. The highest BCUT2D eigenvalue weighted by molar-refractivity contribution is 7.46. The minimum absolute atomic E-state index is 0.229. The number of hydrogen-bond donors (Lipinski definition) is 0. The van der Waals surface area contributed by atoms with E-state index in [9.17, 15) is 0 Å². The molecule has 0 saturated heterocycles. The van der Waals surface area contributed by atoms with Gasteiger partial charge in [-0.1, -0.05) is 27.7 Å².